The lowest BCUT2D eigenvalue weighted by Gasteiger charge is -2.09. The van der Waals surface area contributed by atoms with Gasteiger partial charge in [-0.15, -0.1) is 0 Å². The molecule has 116 valence electrons. The highest BCUT2D eigenvalue weighted by molar-refractivity contribution is 6.29. The third-order valence-electron chi connectivity index (χ3n) is 2.79. The maximum Gasteiger partial charge on any atom is 0.409 e. The van der Waals surface area contributed by atoms with Crippen LogP contribution in [-0.4, -0.2) is 26.2 Å². The maximum atomic E-state index is 13.8. The zero-order valence-corrected chi connectivity index (χ0v) is 12.1. The van der Waals surface area contributed by atoms with Crippen LogP contribution in [0.25, 0.3) is 11.2 Å². The van der Waals surface area contributed by atoms with Gasteiger partial charge in [0, 0.05) is 18.3 Å². The predicted molar refractivity (Wildman–Crippen MR) is 80.5 cm³/mol. The first-order valence-corrected chi connectivity index (χ1v) is 6.65. The molecule has 3 aromatic rings. The van der Waals surface area contributed by atoms with Crippen LogP contribution in [0, 0.1) is 5.82 Å². The van der Waals surface area contributed by atoms with E-state index in [1.807, 2.05) is 5.32 Å². The van der Waals surface area contributed by atoms with Crippen LogP contribution < -0.4 is 10.1 Å². The number of carboxylic acid groups (broad SMARTS) is 1. The van der Waals surface area contributed by atoms with E-state index in [-0.39, 0.29) is 16.6 Å². The summed E-state index contributed by atoms with van der Waals surface area (Å²) in [6.45, 7) is 0. The number of hydrogen-bond acceptors (Lipinski definition) is 5. The number of carbonyl (C=O) groups is 1. The lowest BCUT2D eigenvalue weighted by Crippen LogP contribution is -2.08. The van der Waals surface area contributed by atoms with Crippen LogP contribution in [0.15, 0.2) is 36.7 Å². The number of anilines is 1. The van der Waals surface area contributed by atoms with Gasteiger partial charge in [0.15, 0.2) is 22.7 Å². The van der Waals surface area contributed by atoms with Crippen molar-refractivity contribution < 1.29 is 19.0 Å². The smallest absolute Gasteiger partial charge is 0.409 e. The van der Waals surface area contributed by atoms with Gasteiger partial charge in [0.2, 0.25) is 0 Å². The highest BCUT2D eigenvalue weighted by Crippen LogP contribution is 2.29. The number of amides is 1. The third kappa shape index (κ3) is 3.27. The largest absolute Gasteiger partial charge is 0.465 e. The molecule has 23 heavy (non-hydrogen) atoms. The minimum atomic E-state index is -1.36. The molecule has 0 fully saturated rings. The minimum absolute atomic E-state index is 0.160. The van der Waals surface area contributed by atoms with Gasteiger partial charge in [-0.2, -0.15) is 0 Å². The molecule has 3 rings (SSSR count). The minimum Gasteiger partial charge on any atom is -0.465 e. The van der Waals surface area contributed by atoms with Crippen LogP contribution in [-0.2, 0) is 0 Å². The van der Waals surface area contributed by atoms with Crippen LogP contribution in [0.1, 0.15) is 0 Å². The fraction of sp³-hybridized carbons (Fsp3) is 0. The average molecular weight is 335 g/mol. The van der Waals surface area contributed by atoms with Crippen LogP contribution in [0.2, 0.25) is 5.15 Å². The fourth-order valence-electron chi connectivity index (χ4n) is 1.86. The van der Waals surface area contributed by atoms with Crippen LogP contribution in [0.4, 0.5) is 14.9 Å². The molecule has 0 bridgehead atoms. The Bertz CT molecular complexity index is 906. The van der Waals surface area contributed by atoms with E-state index in [1.165, 1.54) is 30.6 Å². The summed E-state index contributed by atoms with van der Waals surface area (Å²) in [6.07, 6.45) is 1.46. The summed E-state index contributed by atoms with van der Waals surface area (Å²) in [7, 11) is 0. The summed E-state index contributed by atoms with van der Waals surface area (Å²) < 4.78 is 19.4. The van der Waals surface area contributed by atoms with Gasteiger partial charge in [-0.25, -0.2) is 24.1 Å². The van der Waals surface area contributed by atoms with Crippen molar-refractivity contribution in [2.45, 2.75) is 0 Å². The Balaban J connectivity index is 1.95. The van der Waals surface area contributed by atoms with Gasteiger partial charge >= 0.3 is 6.09 Å². The first-order chi connectivity index (χ1) is 11.0. The van der Waals surface area contributed by atoms with Crippen molar-refractivity contribution in [3.05, 3.63) is 47.6 Å². The molecule has 2 heterocycles. The number of fused-ring (bicyclic) bond motifs is 1. The molecular weight excluding hydrogens is 327 g/mol. The van der Waals surface area contributed by atoms with E-state index in [0.29, 0.717) is 16.9 Å². The Hall–Kier alpha value is -3.00. The van der Waals surface area contributed by atoms with Gasteiger partial charge in [-0.05, 0) is 12.1 Å². The topological polar surface area (TPSA) is 97.2 Å². The quantitative estimate of drug-likeness (QED) is 0.758. The van der Waals surface area contributed by atoms with Crippen molar-refractivity contribution in [2.75, 3.05) is 5.32 Å². The average Bonchev–Trinajstić information content (AvgIpc) is 2.50. The molecule has 0 aliphatic heterocycles. The Morgan fingerprint density at radius 1 is 1.30 bits per heavy atom. The second kappa shape index (κ2) is 6.01. The van der Waals surface area contributed by atoms with Crippen LogP contribution in [0.5, 0.6) is 11.5 Å². The number of aromatic nitrogens is 3. The molecule has 0 saturated carbocycles. The van der Waals surface area contributed by atoms with E-state index >= 15 is 0 Å². The number of ether oxygens (including phenoxy) is 1. The van der Waals surface area contributed by atoms with Crippen molar-refractivity contribution in [3.63, 3.8) is 0 Å². The summed E-state index contributed by atoms with van der Waals surface area (Å²) >= 11 is 5.81. The Morgan fingerprint density at radius 3 is 2.87 bits per heavy atom. The Morgan fingerprint density at radius 2 is 2.13 bits per heavy atom. The molecular formula is C14H8ClFN4O3. The predicted octanol–water partition coefficient (Wildman–Crippen LogP) is 3.70. The van der Waals surface area contributed by atoms with E-state index in [0.717, 1.165) is 6.07 Å². The van der Waals surface area contributed by atoms with Gasteiger partial charge in [-0.3, -0.25) is 5.32 Å². The highest BCUT2D eigenvalue weighted by atomic mass is 35.5. The number of pyridine rings is 1. The molecule has 7 nitrogen and oxygen atoms in total. The molecule has 0 radical (unpaired) electrons. The standard InChI is InChI=1S/C14H8ClFN4O3/c15-11-6-18-13-12(20-11)10(3-4-17-13)23-7-1-2-9(8(16)5-7)19-14(21)22/h1-6,19H,(H,21,22). The third-order valence-corrected chi connectivity index (χ3v) is 2.97. The van der Waals surface area contributed by atoms with Gasteiger partial charge in [0.1, 0.15) is 10.9 Å². The molecule has 0 aliphatic carbocycles. The lowest BCUT2D eigenvalue weighted by molar-refractivity contribution is 0.209. The number of hydrogen-bond donors (Lipinski definition) is 2. The molecule has 0 unspecified atom stereocenters. The van der Waals surface area contributed by atoms with E-state index in [9.17, 15) is 9.18 Å². The maximum absolute atomic E-state index is 13.8. The van der Waals surface area contributed by atoms with Crippen molar-refractivity contribution in [1.29, 1.82) is 0 Å². The highest BCUT2D eigenvalue weighted by Gasteiger charge is 2.11. The molecule has 2 aromatic heterocycles. The molecule has 1 amide bonds. The van der Waals surface area contributed by atoms with Gasteiger partial charge in [-0.1, -0.05) is 11.6 Å². The van der Waals surface area contributed by atoms with E-state index in [4.69, 9.17) is 21.4 Å². The first kappa shape index (κ1) is 14.9. The summed E-state index contributed by atoms with van der Waals surface area (Å²) in [5.74, 6) is -0.316. The summed E-state index contributed by atoms with van der Waals surface area (Å²) in [4.78, 5) is 22.7. The zero-order valence-electron chi connectivity index (χ0n) is 11.3. The Labute approximate surface area is 133 Å². The zero-order chi connectivity index (χ0) is 16.4. The van der Waals surface area contributed by atoms with Crippen LogP contribution in [0.3, 0.4) is 0 Å². The monoisotopic (exact) mass is 334 g/mol. The number of nitrogens with zero attached hydrogens (tertiary/aromatic N) is 3. The molecule has 9 heteroatoms. The van der Waals surface area contributed by atoms with Gasteiger partial charge in [0.25, 0.3) is 0 Å². The molecule has 0 atom stereocenters. The van der Waals surface area contributed by atoms with Crippen molar-refractivity contribution in [1.82, 2.24) is 15.0 Å². The number of benzene rings is 1. The van der Waals surface area contributed by atoms with E-state index < -0.39 is 11.9 Å². The first-order valence-electron chi connectivity index (χ1n) is 6.27. The van der Waals surface area contributed by atoms with Crippen molar-refractivity contribution in [3.8, 4) is 11.5 Å². The van der Waals surface area contributed by atoms with Crippen molar-refractivity contribution in [2.24, 2.45) is 0 Å². The number of rotatable bonds is 3. The van der Waals surface area contributed by atoms with E-state index in [1.54, 1.807) is 0 Å². The lowest BCUT2D eigenvalue weighted by atomic mass is 10.3. The molecule has 0 spiro atoms. The molecule has 1 aromatic carbocycles. The normalized spacial score (nSPS) is 10.5. The fourth-order valence-corrected chi connectivity index (χ4v) is 1.99. The van der Waals surface area contributed by atoms with Crippen LogP contribution >= 0.6 is 11.6 Å². The van der Waals surface area contributed by atoms with Crippen molar-refractivity contribution >= 4 is 34.5 Å². The molecule has 0 aliphatic rings. The second-order valence-electron chi connectivity index (χ2n) is 4.35. The summed E-state index contributed by atoms with van der Waals surface area (Å²) in [5, 5.41) is 10.7. The second-order valence-corrected chi connectivity index (χ2v) is 4.74. The SMILES string of the molecule is O=C(O)Nc1ccc(Oc2ccnc3ncc(Cl)nc23)cc1F. The number of nitrogens with one attached hydrogen (secondary N) is 1. The summed E-state index contributed by atoms with van der Waals surface area (Å²) in [5.41, 5.74) is 0.483. The number of halogens is 2. The Kier molecular flexibility index (Phi) is 3.90. The van der Waals surface area contributed by atoms with E-state index in [2.05, 4.69) is 15.0 Å². The molecule has 0 saturated heterocycles. The molecule has 2 N–H and O–H groups in total. The van der Waals surface area contributed by atoms with Gasteiger partial charge < -0.3 is 9.84 Å². The summed E-state index contributed by atoms with van der Waals surface area (Å²) in [6, 6.07) is 5.25. The van der Waals surface area contributed by atoms with Gasteiger partial charge in [0.05, 0.1) is 11.9 Å².